The van der Waals surface area contributed by atoms with Crippen LogP contribution in [0.25, 0.3) is 22.5 Å². The molecule has 0 radical (unpaired) electrons. The lowest BCUT2D eigenvalue weighted by Crippen LogP contribution is -2.35. The molecule has 0 saturated carbocycles. The molecule has 1 heterocycles. The highest BCUT2D eigenvalue weighted by Crippen LogP contribution is 2.40. The normalized spacial score (nSPS) is 12.1. The Morgan fingerprint density at radius 3 is 2.68 bits per heavy atom. The topological polar surface area (TPSA) is 81.2 Å². The van der Waals surface area contributed by atoms with Gasteiger partial charge < -0.3 is 15.3 Å². The van der Waals surface area contributed by atoms with Crippen molar-refractivity contribution in [2.75, 3.05) is 26.2 Å². The Bertz CT molecular complexity index is 1070. The van der Waals surface area contributed by atoms with E-state index in [1.54, 1.807) is 12.1 Å². The van der Waals surface area contributed by atoms with E-state index in [1.165, 1.54) is 11.1 Å². The van der Waals surface area contributed by atoms with Gasteiger partial charge in [-0.05, 0) is 49.7 Å². The van der Waals surface area contributed by atoms with Gasteiger partial charge in [0.25, 0.3) is 5.91 Å². The molecule has 31 heavy (non-hydrogen) atoms. The summed E-state index contributed by atoms with van der Waals surface area (Å²) in [5.74, 6) is -0.279. The number of hydrogen-bond acceptors (Lipinski definition) is 4. The first-order valence-corrected chi connectivity index (χ1v) is 11.1. The van der Waals surface area contributed by atoms with Crippen molar-refractivity contribution in [3.05, 3.63) is 59.2 Å². The van der Waals surface area contributed by atoms with Gasteiger partial charge in [0.1, 0.15) is 5.75 Å². The van der Waals surface area contributed by atoms with Gasteiger partial charge in [-0.25, -0.2) is 0 Å². The summed E-state index contributed by atoms with van der Waals surface area (Å²) in [5.41, 5.74) is 6.56. The number of carbonyl (C=O) groups is 1. The van der Waals surface area contributed by atoms with Crippen molar-refractivity contribution in [1.29, 1.82) is 0 Å². The summed E-state index contributed by atoms with van der Waals surface area (Å²) in [6.07, 6.45) is 2.99. The van der Waals surface area contributed by atoms with Gasteiger partial charge in [-0.2, -0.15) is 5.10 Å². The van der Waals surface area contributed by atoms with Crippen LogP contribution >= 0.6 is 0 Å². The largest absolute Gasteiger partial charge is 0.507 e. The number of phenolic OH excluding ortho intramolecular Hbond substituents is 1. The minimum Gasteiger partial charge on any atom is -0.507 e. The third kappa shape index (κ3) is 4.35. The highest BCUT2D eigenvalue weighted by atomic mass is 16.3. The van der Waals surface area contributed by atoms with Crippen LogP contribution in [-0.2, 0) is 6.42 Å². The molecular weight excluding hydrogens is 388 g/mol. The maximum absolute atomic E-state index is 12.8. The number of fused-ring (bicyclic) bond motifs is 3. The number of hydrogen-bond donors (Lipinski definition) is 3. The summed E-state index contributed by atoms with van der Waals surface area (Å²) in [6, 6.07) is 13.4. The third-order valence-electron chi connectivity index (χ3n) is 5.83. The smallest absolute Gasteiger partial charge is 0.255 e. The van der Waals surface area contributed by atoms with E-state index in [1.807, 2.05) is 18.2 Å². The fourth-order valence-corrected chi connectivity index (χ4v) is 4.36. The fraction of sp³-hybridized carbons (Fsp3) is 0.360. The van der Waals surface area contributed by atoms with Gasteiger partial charge in [0, 0.05) is 36.2 Å². The van der Waals surface area contributed by atoms with Crippen LogP contribution < -0.4 is 5.32 Å². The van der Waals surface area contributed by atoms with Crippen LogP contribution in [0.5, 0.6) is 5.75 Å². The van der Waals surface area contributed by atoms with E-state index >= 15 is 0 Å². The van der Waals surface area contributed by atoms with Crippen molar-refractivity contribution in [3.8, 4) is 28.3 Å². The SMILES string of the molecule is CCCN(CCC)CCNC(=O)c1cc(-c2n[nH]c3c2Cc2ccccc2-3)ccc1O. The Morgan fingerprint density at radius 2 is 1.90 bits per heavy atom. The maximum atomic E-state index is 12.8. The Kier molecular flexibility index (Phi) is 6.37. The molecule has 0 aliphatic heterocycles. The van der Waals surface area contributed by atoms with Gasteiger partial charge in [0.05, 0.1) is 17.0 Å². The van der Waals surface area contributed by atoms with Gasteiger partial charge in [0.2, 0.25) is 0 Å². The number of aromatic hydroxyl groups is 1. The average molecular weight is 419 g/mol. The van der Waals surface area contributed by atoms with Crippen LogP contribution in [0.15, 0.2) is 42.5 Å². The number of H-pyrrole nitrogens is 1. The fourth-order valence-electron chi connectivity index (χ4n) is 4.36. The summed E-state index contributed by atoms with van der Waals surface area (Å²) in [4.78, 5) is 15.1. The number of phenols is 1. The monoisotopic (exact) mass is 418 g/mol. The summed E-state index contributed by atoms with van der Waals surface area (Å²) >= 11 is 0. The van der Waals surface area contributed by atoms with Gasteiger partial charge >= 0.3 is 0 Å². The highest BCUT2D eigenvalue weighted by molar-refractivity contribution is 5.98. The Labute approximate surface area is 183 Å². The van der Waals surface area contributed by atoms with Crippen molar-refractivity contribution < 1.29 is 9.90 Å². The standard InChI is InChI=1S/C25H30N4O2/c1-3-12-29(13-4-2)14-11-26-25(31)20-16-18(9-10-22(20)30)23-21-15-17-7-5-6-8-19(17)24(21)28-27-23/h5-10,16,30H,3-4,11-15H2,1-2H3,(H,26,31)(H,27,28). The second kappa shape index (κ2) is 9.35. The second-order valence-corrected chi connectivity index (χ2v) is 8.09. The Balaban J connectivity index is 1.50. The van der Waals surface area contributed by atoms with Crippen molar-refractivity contribution in [2.45, 2.75) is 33.1 Å². The predicted molar refractivity (Wildman–Crippen MR) is 123 cm³/mol. The van der Waals surface area contributed by atoms with Crippen LogP contribution in [0.1, 0.15) is 48.2 Å². The van der Waals surface area contributed by atoms with Gasteiger partial charge in [0.15, 0.2) is 0 Å². The van der Waals surface area contributed by atoms with E-state index in [-0.39, 0.29) is 17.2 Å². The molecule has 4 rings (SSSR count). The first-order chi connectivity index (χ1) is 15.1. The third-order valence-corrected chi connectivity index (χ3v) is 5.83. The molecule has 6 heteroatoms. The van der Waals surface area contributed by atoms with Crippen LogP contribution in [0.4, 0.5) is 0 Å². The number of rotatable bonds is 9. The summed E-state index contributed by atoms with van der Waals surface area (Å²) in [6.45, 7) is 7.73. The van der Waals surface area contributed by atoms with Crippen LogP contribution in [0, 0.1) is 0 Å². The molecule has 0 spiro atoms. The Morgan fingerprint density at radius 1 is 1.13 bits per heavy atom. The molecule has 0 atom stereocenters. The number of aromatic nitrogens is 2. The van der Waals surface area contributed by atoms with Crippen LogP contribution in [0.3, 0.4) is 0 Å². The molecule has 0 saturated heterocycles. The second-order valence-electron chi connectivity index (χ2n) is 8.09. The first kappa shape index (κ1) is 21.1. The minimum atomic E-state index is -0.261. The number of carbonyl (C=O) groups excluding carboxylic acids is 1. The van der Waals surface area contributed by atoms with Crippen molar-refractivity contribution in [3.63, 3.8) is 0 Å². The molecule has 162 valence electrons. The van der Waals surface area contributed by atoms with E-state index in [0.29, 0.717) is 6.54 Å². The van der Waals surface area contributed by atoms with Gasteiger partial charge in [-0.1, -0.05) is 38.1 Å². The van der Waals surface area contributed by atoms with E-state index in [9.17, 15) is 9.90 Å². The minimum absolute atomic E-state index is 0.0179. The quantitative estimate of drug-likeness (QED) is 0.380. The van der Waals surface area contributed by atoms with Crippen molar-refractivity contribution in [1.82, 2.24) is 20.4 Å². The lowest BCUT2D eigenvalue weighted by molar-refractivity contribution is 0.0945. The van der Waals surface area contributed by atoms with E-state index < -0.39 is 0 Å². The van der Waals surface area contributed by atoms with Gasteiger partial charge in [-0.3, -0.25) is 9.89 Å². The zero-order valence-electron chi connectivity index (χ0n) is 18.2. The van der Waals surface area contributed by atoms with Crippen LogP contribution in [0.2, 0.25) is 0 Å². The number of nitrogens with zero attached hydrogens (tertiary/aromatic N) is 2. The molecule has 0 unspecified atom stereocenters. The number of benzene rings is 2. The predicted octanol–water partition coefficient (Wildman–Crippen LogP) is 4.21. The number of amides is 1. The van der Waals surface area contributed by atoms with Crippen LogP contribution in [-0.4, -0.2) is 52.3 Å². The van der Waals surface area contributed by atoms with Gasteiger partial charge in [-0.15, -0.1) is 0 Å². The summed E-state index contributed by atoms with van der Waals surface area (Å²) in [7, 11) is 0. The molecule has 1 aliphatic rings. The zero-order chi connectivity index (χ0) is 21.8. The molecule has 3 aromatic rings. The first-order valence-electron chi connectivity index (χ1n) is 11.1. The molecule has 0 bridgehead atoms. The molecule has 1 amide bonds. The summed E-state index contributed by atoms with van der Waals surface area (Å²) < 4.78 is 0. The molecule has 6 nitrogen and oxygen atoms in total. The van der Waals surface area contributed by atoms with E-state index in [2.05, 4.69) is 46.4 Å². The molecule has 1 aliphatic carbocycles. The maximum Gasteiger partial charge on any atom is 0.255 e. The molecule has 1 aromatic heterocycles. The van der Waals surface area contributed by atoms with E-state index in [4.69, 9.17) is 0 Å². The summed E-state index contributed by atoms with van der Waals surface area (Å²) in [5, 5.41) is 20.9. The lowest BCUT2D eigenvalue weighted by Gasteiger charge is -2.21. The zero-order valence-corrected chi connectivity index (χ0v) is 18.2. The Hall–Kier alpha value is -3.12. The highest BCUT2D eigenvalue weighted by Gasteiger charge is 2.25. The molecule has 0 fully saturated rings. The van der Waals surface area contributed by atoms with E-state index in [0.717, 1.165) is 61.4 Å². The lowest BCUT2D eigenvalue weighted by atomic mass is 10.0. The van der Waals surface area contributed by atoms with Crippen molar-refractivity contribution >= 4 is 5.91 Å². The van der Waals surface area contributed by atoms with Crippen molar-refractivity contribution in [2.24, 2.45) is 0 Å². The molecule has 2 aromatic carbocycles. The number of aromatic amines is 1. The average Bonchev–Trinajstić information content (AvgIpc) is 3.34. The molecular formula is C25H30N4O2. The number of nitrogens with one attached hydrogen (secondary N) is 2. The molecule has 3 N–H and O–H groups in total.